The second-order valence-corrected chi connectivity index (χ2v) is 6.57. The van der Waals surface area contributed by atoms with Gasteiger partial charge in [-0.05, 0) is 44.0 Å². The van der Waals surface area contributed by atoms with Crippen LogP contribution in [0.1, 0.15) is 69.8 Å². The van der Waals surface area contributed by atoms with Gasteiger partial charge in [0.1, 0.15) is 5.75 Å². The van der Waals surface area contributed by atoms with Crippen LogP contribution in [-0.2, 0) is 11.2 Å². The number of benzene rings is 1. The Bertz CT molecular complexity index is 515. The SMILES string of the molecule is C=CC(=O)Nc1cccc(O)c1CCCCCCCCCCCCN. The Labute approximate surface area is 152 Å². The van der Waals surface area contributed by atoms with E-state index in [4.69, 9.17) is 5.73 Å². The molecule has 1 aromatic rings. The van der Waals surface area contributed by atoms with E-state index in [0.717, 1.165) is 37.8 Å². The largest absolute Gasteiger partial charge is 0.508 e. The molecule has 0 bridgehead atoms. The summed E-state index contributed by atoms with van der Waals surface area (Å²) in [5, 5.41) is 12.8. The number of phenols is 1. The van der Waals surface area contributed by atoms with E-state index >= 15 is 0 Å². The summed E-state index contributed by atoms with van der Waals surface area (Å²) in [7, 11) is 0. The maximum Gasteiger partial charge on any atom is 0.247 e. The predicted octanol–water partition coefficient (Wildman–Crippen LogP) is 4.92. The van der Waals surface area contributed by atoms with Gasteiger partial charge in [-0.1, -0.05) is 64.0 Å². The van der Waals surface area contributed by atoms with Crippen molar-refractivity contribution in [3.8, 4) is 5.75 Å². The third-order valence-corrected chi connectivity index (χ3v) is 4.48. The lowest BCUT2D eigenvalue weighted by Gasteiger charge is -2.11. The Balaban J connectivity index is 2.19. The molecule has 0 aromatic heterocycles. The van der Waals surface area contributed by atoms with Crippen LogP contribution < -0.4 is 11.1 Å². The fourth-order valence-electron chi connectivity index (χ4n) is 3.00. The molecule has 4 N–H and O–H groups in total. The van der Waals surface area contributed by atoms with Crippen LogP contribution in [0.2, 0.25) is 0 Å². The second-order valence-electron chi connectivity index (χ2n) is 6.57. The first-order valence-electron chi connectivity index (χ1n) is 9.63. The molecule has 0 radical (unpaired) electrons. The van der Waals surface area contributed by atoms with Gasteiger partial charge in [0.2, 0.25) is 5.91 Å². The highest BCUT2D eigenvalue weighted by atomic mass is 16.3. The summed E-state index contributed by atoms with van der Waals surface area (Å²) in [6.45, 7) is 4.28. The monoisotopic (exact) mass is 346 g/mol. The van der Waals surface area contributed by atoms with Crippen LogP contribution in [0.25, 0.3) is 0 Å². The number of hydrogen-bond donors (Lipinski definition) is 3. The quantitative estimate of drug-likeness (QED) is 0.330. The van der Waals surface area contributed by atoms with Gasteiger partial charge in [0.15, 0.2) is 0 Å². The fraction of sp³-hybridized carbons (Fsp3) is 0.571. The zero-order valence-corrected chi connectivity index (χ0v) is 15.4. The standard InChI is InChI=1S/C21H34N2O2/c1-2-21(25)23-19-15-13-16-20(24)18(19)14-11-9-7-5-3-4-6-8-10-12-17-22/h2,13,15-16,24H,1,3-12,14,17,22H2,(H,23,25). The number of hydrogen-bond acceptors (Lipinski definition) is 3. The van der Waals surface area contributed by atoms with Crippen LogP contribution in [-0.4, -0.2) is 17.6 Å². The molecule has 0 atom stereocenters. The molecule has 0 unspecified atom stereocenters. The maximum atomic E-state index is 11.5. The lowest BCUT2D eigenvalue weighted by atomic mass is 10.0. The first-order chi connectivity index (χ1) is 12.2. The number of nitrogens with one attached hydrogen (secondary N) is 1. The molecule has 0 aliphatic rings. The third kappa shape index (κ3) is 9.30. The third-order valence-electron chi connectivity index (χ3n) is 4.48. The highest BCUT2D eigenvalue weighted by Crippen LogP contribution is 2.27. The van der Waals surface area contributed by atoms with Gasteiger partial charge in [-0.15, -0.1) is 0 Å². The highest BCUT2D eigenvalue weighted by Gasteiger charge is 2.09. The van der Waals surface area contributed by atoms with E-state index in [0.29, 0.717) is 5.69 Å². The number of carbonyl (C=O) groups is 1. The van der Waals surface area contributed by atoms with E-state index in [1.54, 1.807) is 12.1 Å². The van der Waals surface area contributed by atoms with E-state index in [1.807, 2.05) is 6.07 Å². The van der Waals surface area contributed by atoms with Crippen LogP contribution >= 0.6 is 0 Å². The first-order valence-corrected chi connectivity index (χ1v) is 9.63. The zero-order valence-electron chi connectivity index (χ0n) is 15.4. The second kappa shape index (κ2) is 13.5. The Morgan fingerprint density at radius 2 is 1.56 bits per heavy atom. The number of nitrogens with two attached hydrogens (primary N) is 1. The molecule has 1 aromatic carbocycles. The molecule has 0 heterocycles. The predicted molar refractivity (Wildman–Crippen MR) is 106 cm³/mol. The van der Waals surface area contributed by atoms with Gasteiger partial charge in [-0.25, -0.2) is 0 Å². The van der Waals surface area contributed by atoms with Crippen LogP contribution in [0.15, 0.2) is 30.9 Å². The van der Waals surface area contributed by atoms with Gasteiger partial charge < -0.3 is 16.2 Å². The summed E-state index contributed by atoms with van der Waals surface area (Å²) in [6, 6.07) is 5.23. The van der Waals surface area contributed by atoms with Gasteiger partial charge in [-0.2, -0.15) is 0 Å². The topological polar surface area (TPSA) is 75.3 Å². The van der Waals surface area contributed by atoms with Gasteiger partial charge >= 0.3 is 0 Å². The lowest BCUT2D eigenvalue weighted by Crippen LogP contribution is -2.09. The average molecular weight is 347 g/mol. The molecule has 140 valence electrons. The average Bonchev–Trinajstić information content (AvgIpc) is 2.61. The molecule has 0 spiro atoms. The maximum absolute atomic E-state index is 11.5. The number of amides is 1. The van der Waals surface area contributed by atoms with Crippen molar-refractivity contribution in [2.24, 2.45) is 5.73 Å². The summed E-state index contributed by atoms with van der Waals surface area (Å²) in [5.74, 6) is -0.00217. The van der Waals surface area contributed by atoms with Crippen molar-refractivity contribution in [3.63, 3.8) is 0 Å². The van der Waals surface area contributed by atoms with E-state index in [2.05, 4.69) is 11.9 Å². The van der Waals surface area contributed by atoms with Gasteiger partial charge in [0.05, 0.1) is 0 Å². The van der Waals surface area contributed by atoms with Crippen molar-refractivity contribution in [3.05, 3.63) is 36.4 Å². The molecule has 0 saturated carbocycles. The number of unbranched alkanes of at least 4 members (excludes halogenated alkanes) is 9. The highest BCUT2D eigenvalue weighted by molar-refractivity contribution is 5.99. The first kappa shape index (κ1) is 21.2. The minimum atomic E-state index is -0.252. The zero-order chi connectivity index (χ0) is 18.3. The van der Waals surface area contributed by atoms with Crippen molar-refractivity contribution in [2.75, 3.05) is 11.9 Å². The smallest absolute Gasteiger partial charge is 0.247 e. The summed E-state index contributed by atoms with van der Waals surface area (Å²) in [6.07, 6.45) is 14.4. The molecule has 4 nitrogen and oxygen atoms in total. The summed E-state index contributed by atoms with van der Waals surface area (Å²) >= 11 is 0. The summed E-state index contributed by atoms with van der Waals surface area (Å²) in [4.78, 5) is 11.5. The number of aromatic hydroxyl groups is 1. The van der Waals surface area contributed by atoms with Crippen molar-refractivity contribution in [1.82, 2.24) is 0 Å². The number of anilines is 1. The van der Waals surface area contributed by atoms with E-state index in [9.17, 15) is 9.90 Å². The van der Waals surface area contributed by atoms with Gasteiger partial charge in [-0.3, -0.25) is 4.79 Å². The minimum absolute atomic E-state index is 0.249. The molecule has 4 heteroatoms. The van der Waals surface area contributed by atoms with Crippen LogP contribution in [0.3, 0.4) is 0 Å². The Morgan fingerprint density at radius 1 is 1.00 bits per heavy atom. The van der Waals surface area contributed by atoms with E-state index in [-0.39, 0.29) is 11.7 Å². The van der Waals surface area contributed by atoms with Crippen molar-refractivity contribution in [1.29, 1.82) is 0 Å². The van der Waals surface area contributed by atoms with Crippen LogP contribution in [0.5, 0.6) is 5.75 Å². The molecule has 1 amide bonds. The van der Waals surface area contributed by atoms with E-state index in [1.165, 1.54) is 51.0 Å². The van der Waals surface area contributed by atoms with E-state index < -0.39 is 0 Å². The summed E-state index contributed by atoms with van der Waals surface area (Å²) < 4.78 is 0. The normalized spacial score (nSPS) is 10.6. The minimum Gasteiger partial charge on any atom is -0.508 e. The van der Waals surface area contributed by atoms with Gasteiger partial charge in [0, 0.05) is 11.3 Å². The molecule has 0 saturated heterocycles. The molecule has 0 fully saturated rings. The molecule has 25 heavy (non-hydrogen) atoms. The molecular weight excluding hydrogens is 312 g/mol. The molecule has 1 rings (SSSR count). The molecular formula is C21H34N2O2. The molecule has 0 aliphatic heterocycles. The van der Waals surface area contributed by atoms with Gasteiger partial charge in [0.25, 0.3) is 0 Å². The van der Waals surface area contributed by atoms with Crippen molar-refractivity contribution in [2.45, 2.75) is 70.6 Å². The number of carbonyl (C=O) groups excluding carboxylic acids is 1. The summed E-state index contributed by atoms with van der Waals surface area (Å²) in [5.41, 5.74) is 6.99. The Morgan fingerprint density at radius 3 is 2.12 bits per heavy atom. The Kier molecular flexibility index (Phi) is 11.4. The van der Waals surface area contributed by atoms with Crippen molar-refractivity contribution < 1.29 is 9.90 Å². The number of rotatable bonds is 14. The molecule has 0 aliphatic carbocycles. The number of phenolic OH excluding ortho intramolecular Hbond substituents is 1. The Hall–Kier alpha value is -1.81. The van der Waals surface area contributed by atoms with Crippen LogP contribution in [0.4, 0.5) is 5.69 Å². The fourth-order valence-corrected chi connectivity index (χ4v) is 3.00. The van der Waals surface area contributed by atoms with Crippen molar-refractivity contribution >= 4 is 11.6 Å². The lowest BCUT2D eigenvalue weighted by molar-refractivity contribution is -0.111. The van der Waals surface area contributed by atoms with Crippen LogP contribution in [0, 0.1) is 0 Å².